The first-order chi connectivity index (χ1) is 10.8. The summed E-state index contributed by atoms with van der Waals surface area (Å²) in [6.07, 6.45) is 0. The summed E-state index contributed by atoms with van der Waals surface area (Å²) in [6, 6.07) is 11.6. The number of nitrogens with two attached hydrogens (primary N) is 1. The number of primary amides is 1. The van der Waals surface area contributed by atoms with E-state index in [1.807, 2.05) is 0 Å². The van der Waals surface area contributed by atoms with Crippen LogP contribution in [0.2, 0.25) is 0 Å². The number of amides is 2. The van der Waals surface area contributed by atoms with Crippen molar-refractivity contribution in [1.82, 2.24) is 0 Å². The topological polar surface area (TPSA) is 118 Å². The van der Waals surface area contributed by atoms with E-state index in [1.54, 1.807) is 18.2 Å². The van der Waals surface area contributed by atoms with Crippen molar-refractivity contribution in [3.63, 3.8) is 0 Å². The highest BCUT2D eigenvalue weighted by molar-refractivity contribution is 7.92. The Labute approximate surface area is 133 Å². The molecule has 0 spiro atoms. The quantitative estimate of drug-likeness (QED) is 0.769. The van der Waals surface area contributed by atoms with Gasteiger partial charge in [0.1, 0.15) is 0 Å². The molecule has 0 saturated carbocycles. The molecular formula is C15H15N3O4S. The van der Waals surface area contributed by atoms with Crippen LogP contribution in [0.25, 0.3) is 0 Å². The Morgan fingerprint density at radius 3 is 2.17 bits per heavy atom. The Bertz CT molecular complexity index is 845. The first-order valence-electron chi connectivity index (χ1n) is 6.58. The Morgan fingerprint density at radius 2 is 1.61 bits per heavy atom. The van der Waals surface area contributed by atoms with Crippen LogP contribution in [0, 0.1) is 0 Å². The lowest BCUT2D eigenvalue weighted by molar-refractivity contribution is -0.114. The summed E-state index contributed by atoms with van der Waals surface area (Å²) in [5.74, 6) is -0.892. The number of carbonyl (C=O) groups is 2. The van der Waals surface area contributed by atoms with E-state index in [1.165, 1.54) is 37.3 Å². The highest BCUT2D eigenvalue weighted by atomic mass is 32.2. The van der Waals surface area contributed by atoms with E-state index < -0.39 is 15.9 Å². The van der Waals surface area contributed by atoms with Crippen LogP contribution in [0.1, 0.15) is 17.3 Å². The molecule has 0 heterocycles. The minimum absolute atomic E-state index is 0.00701. The van der Waals surface area contributed by atoms with Crippen molar-refractivity contribution in [3.8, 4) is 0 Å². The Balaban J connectivity index is 2.24. The van der Waals surface area contributed by atoms with Crippen molar-refractivity contribution in [2.24, 2.45) is 5.73 Å². The molecule has 0 aliphatic carbocycles. The molecule has 2 aromatic carbocycles. The van der Waals surface area contributed by atoms with Crippen LogP contribution in [-0.2, 0) is 14.8 Å². The zero-order valence-corrected chi connectivity index (χ0v) is 13.1. The molecule has 0 fully saturated rings. The fraction of sp³-hybridized carbons (Fsp3) is 0.0667. The highest BCUT2D eigenvalue weighted by Crippen LogP contribution is 2.19. The monoisotopic (exact) mass is 333 g/mol. The van der Waals surface area contributed by atoms with Crippen molar-refractivity contribution < 1.29 is 18.0 Å². The van der Waals surface area contributed by atoms with E-state index in [0.29, 0.717) is 11.4 Å². The smallest absolute Gasteiger partial charge is 0.261 e. The third-order valence-electron chi connectivity index (χ3n) is 2.88. The maximum absolute atomic E-state index is 12.3. The number of rotatable bonds is 5. The molecule has 8 heteroatoms. The van der Waals surface area contributed by atoms with Crippen LogP contribution < -0.4 is 15.8 Å². The van der Waals surface area contributed by atoms with Gasteiger partial charge in [0.25, 0.3) is 10.0 Å². The summed E-state index contributed by atoms with van der Waals surface area (Å²) in [7, 11) is -3.82. The number of anilines is 2. The van der Waals surface area contributed by atoms with Crippen molar-refractivity contribution in [2.45, 2.75) is 11.8 Å². The van der Waals surface area contributed by atoms with Crippen LogP contribution in [0.3, 0.4) is 0 Å². The first kappa shape index (κ1) is 16.5. The molecule has 120 valence electrons. The van der Waals surface area contributed by atoms with E-state index in [9.17, 15) is 18.0 Å². The summed E-state index contributed by atoms with van der Waals surface area (Å²) in [4.78, 5) is 22.0. The number of carbonyl (C=O) groups excluding carboxylic acids is 2. The molecule has 2 rings (SSSR count). The summed E-state index contributed by atoms with van der Waals surface area (Å²) < 4.78 is 27.0. The van der Waals surface area contributed by atoms with E-state index in [0.717, 1.165) is 0 Å². The Hall–Kier alpha value is -2.87. The fourth-order valence-electron chi connectivity index (χ4n) is 1.88. The van der Waals surface area contributed by atoms with Gasteiger partial charge in [-0.1, -0.05) is 6.07 Å². The molecule has 2 aromatic rings. The van der Waals surface area contributed by atoms with Gasteiger partial charge in [-0.2, -0.15) is 0 Å². The normalized spacial score (nSPS) is 10.8. The lowest BCUT2D eigenvalue weighted by Gasteiger charge is -2.10. The van der Waals surface area contributed by atoms with E-state index in [-0.39, 0.29) is 16.4 Å². The average Bonchev–Trinajstić information content (AvgIpc) is 2.46. The molecule has 0 aliphatic heterocycles. The summed E-state index contributed by atoms with van der Waals surface area (Å²) in [5, 5.41) is 2.57. The number of sulfonamides is 1. The van der Waals surface area contributed by atoms with Gasteiger partial charge in [-0.15, -0.1) is 0 Å². The zero-order valence-electron chi connectivity index (χ0n) is 12.2. The summed E-state index contributed by atoms with van der Waals surface area (Å²) in [5.41, 5.74) is 6.11. The standard InChI is InChI=1S/C15H15N3O4S/c1-10(19)17-12-3-2-4-13(9-12)18-23(21,22)14-7-5-11(6-8-14)15(16)20/h2-9,18H,1H3,(H2,16,20)(H,17,19). The van der Waals surface area contributed by atoms with Gasteiger partial charge in [0.2, 0.25) is 11.8 Å². The zero-order chi connectivity index (χ0) is 17.0. The lowest BCUT2D eigenvalue weighted by atomic mass is 10.2. The largest absolute Gasteiger partial charge is 0.366 e. The fourth-order valence-corrected chi connectivity index (χ4v) is 2.93. The van der Waals surface area contributed by atoms with Crippen molar-refractivity contribution >= 4 is 33.2 Å². The third-order valence-corrected chi connectivity index (χ3v) is 4.28. The second-order valence-electron chi connectivity index (χ2n) is 4.76. The molecule has 4 N–H and O–H groups in total. The van der Waals surface area contributed by atoms with Crippen LogP contribution in [-0.4, -0.2) is 20.2 Å². The van der Waals surface area contributed by atoms with Crippen LogP contribution in [0.4, 0.5) is 11.4 Å². The lowest BCUT2D eigenvalue weighted by Crippen LogP contribution is -2.15. The molecular weight excluding hydrogens is 318 g/mol. The molecule has 0 saturated heterocycles. The van der Waals surface area contributed by atoms with E-state index in [4.69, 9.17) is 5.73 Å². The van der Waals surface area contributed by atoms with Crippen molar-refractivity contribution in [2.75, 3.05) is 10.0 Å². The number of hydrogen-bond acceptors (Lipinski definition) is 4. The van der Waals surface area contributed by atoms with Crippen LogP contribution in [0.15, 0.2) is 53.4 Å². The minimum atomic E-state index is -3.82. The molecule has 7 nitrogen and oxygen atoms in total. The molecule has 0 aromatic heterocycles. The second kappa shape index (κ2) is 6.49. The maximum atomic E-state index is 12.3. The summed E-state index contributed by atoms with van der Waals surface area (Å²) in [6.45, 7) is 1.36. The second-order valence-corrected chi connectivity index (χ2v) is 6.44. The molecule has 23 heavy (non-hydrogen) atoms. The SMILES string of the molecule is CC(=O)Nc1cccc(NS(=O)(=O)c2ccc(C(N)=O)cc2)c1. The minimum Gasteiger partial charge on any atom is -0.366 e. The predicted molar refractivity (Wildman–Crippen MR) is 86.5 cm³/mol. The van der Waals surface area contributed by atoms with Crippen molar-refractivity contribution in [3.05, 3.63) is 54.1 Å². The number of hydrogen-bond donors (Lipinski definition) is 3. The number of nitrogens with one attached hydrogen (secondary N) is 2. The average molecular weight is 333 g/mol. The van der Waals surface area contributed by atoms with Gasteiger partial charge in [-0.05, 0) is 42.5 Å². The van der Waals surface area contributed by atoms with Gasteiger partial charge in [0, 0.05) is 18.2 Å². The van der Waals surface area contributed by atoms with Gasteiger partial charge in [0.05, 0.1) is 10.6 Å². The molecule has 0 atom stereocenters. The number of benzene rings is 2. The molecule has 0 bridgehead atoms. The molecule has 0 unspecified atom stereocenters. The Kier molecular flexibility index (Phi) is 4.65. The molecule has 0 aliphatic rings. The van der Waals surface area contributed by atoms with Gasteiger partial charge >= 0.3 is 0 Å². The maximum Gasteiger partial charge on any atom is 0.261 e. The van der Waals surface area contributed by atoms with Crippen LogP contribution >= 0.6 is 0 Å². The third kappa shape index (κ3) is 4.30. The Morgan fingerprint density at radius 1 is 1.00 bits per heavy atom. The molecule has 0 radical (unpaired) electrons. The first-order valence-corrected chi connectivity index (χ1v) is 8.06. The van der Waals surface area contributed by atoms with Gasteiger partial charge in [-0.3, -0.25) is 14.3 Å². The van der Waals surface area contributed by atoms with Crippen molar-refractivity contribution in [1.29, 1.82) is 0 Å². The van der Waals surface area contributed by atoms with Gasteiger partial charge in [0.15, 0.2) is 0 Å². The van der Waals surface area contributed by atoms with Crippen LogP contribution in [0.5, 0.6) is 0 Å². The van der Waals surface area contributed by atoms with Gasteiger partial charge < -0.3 is 11.1 Å². The van der Waals surface area contributed by atoms with E-state index >= 15 is 0 Å². The molecule has 2 amide bonds. The van der Waals surface area contributed by atoms with E-state index in [2.05, 4.69) is 10.0 Å². The van der Waals surface area contributed by atoms with Gasteiger partial charge in [-0.25, -0.2) is 8.42 Å². The highest BCUT2D eigenvalue weighted by Gasteiger charge is 2.15. The predicted octanol–water partition coefficient (Wildman–Crippen LogP) is 1.54. The summed E-state index contributed by atoms with van der Waals surface area (Å²) >= 11 is 0.